The minimum absolute atomic E-state index is 0.161. The van der Waals surface area contributed by atoms with Crippen LogP contribution in [0.25, 0.3) is 27.3 Å². The average Bonchev–Trinajstić information content (AvgIpc) is 3.65. The molecule has 1 aliphatic rings. The number of benzene rings is 2. The second-order valence-electron chi connectivity index (χ2n) is 8.52. The van der Waals surface area contributed by atoms with Crippen molar-refractivity contribution in [1.29, 1.82) is 0 Å². The average molecular weight is 498 g/mol. The summed E-state index contributed by atoms with van der Waals surface area (Å²) in [6.45, 7) is 2.31. The van der Waals surface area contributed by atoms with Gasteiger partial charge in [-0.05, 0) is 54.5 Å². The number of aromatic amines is 1. The number of hydrogen-bond acceptors (Lipinski definition) is 6. The number of nitrogens with zero attached hydrogens (tertiary/aromatic N) is 3. The molecule has 1 aliphatic carbocycles. The monoisotopic (exact) mass is 497 g/mol. The van der Waals surface area contributed by atoms with E-state index in [0.717, 1.165) is 46.2 Å². The Morgan fingerprint density at radius 1 is 1.17 bits per heavy atom. The fourth-order valence-electron chi connectivity index (χ4n) is 4.65. The van der Waals surface area contributed by atoms with Crippen molar-refractivity contribution in [1.82, 2.24) is 19.7 Å². The Morgan fingerprint density at radius 3 is 2.89 bits per heavy atom. The van der Waals surface area contributed by atoms with Gasteiger partial charge in [0.05, 0.1) is 22.7 Å². The number of carbonyl (C=O) groups is 1. The minimum atomic E-state index is -0.336. The second kappa shape index (κ2) is 9.09. The Bertz CT molecular complexity index is 1650. The first-order valence-corrected chi connectivity index (χ1v) is 12.7. The molecule has 3 heterocycles. The van der Waals surface area contributed by atoms with Crippen LogP contribution in [-0.4, -0.2) is 32.3 Å². The van der Waals surface area contributed by atoms with Gasteiger partial charge in [-0.1, -0.05) is 36.4 Å². The zero-order chi connectivity index (χ0) is 24.6. The number of rotatable bonds is 6. The van der Waals surface area contributed by atoms with Crippen LogP contribution in [0.15, 0.2) is 64.8 Å². The molecule has 0 aliphatic heterocycles. The van der Waals surface area contributed by atoms with E-state index in [9.17, 15) is 9.59 Å². The SMILES string of the molecule is CCOc1ccc2ccccc2c1C(=O)Nc1cc(-c2cccs2)nn1-c1nc2c(c(=O)[nH]1)CCC2. The van der Waals surface area contributed by atoms with Gasteiger partial charge < -0.3 is 10.1 Å². The van der Waals surface area contributed by atoms with E-state index in [4.69, 9.17) is 9.84 Å². The van der Waals surface area contributed by atoms with E-state index in [1.807, 2.05) is 60.8 Å². The number of amides is 1. The quantitative estimate of drug-likeness (QED) is 0.345. The van der Waals surface area contributed by atoms with Crippen LogP contribution >= 0.6 is 11.3 Å². The highest BCUT2D eigenvalue weighted by Gasteiger charge is 2.23. The van der Waals surface area contributed by atoms with Crippen molar-refractivity contribution < 1.29 is 9.53 Å². The lowest BCUT2D eigenvalue weighted by Crippen LogP contribution is -2.21. The Labute approximate surface area is 210 Å². The fraction of sp³-hybridized carbons (Fsp3) is 0.185. The van der Waals surface area contributed by atoms with E-state index in [1.54, 1.807) is 17.4 Å². The summed E-state index contributed by atoms with van der Waals surface area (Å²) in [6.07, 6.45) is 2.38. The number of hydrogen-bond donors (Lipinski definition) is 2. The Balaban J connectivity index is 1.47. The van der Waals surface area contributed by atoms with Crippen molar-refractivity contribution >= 4 is 33.8 Å². The molecule has 2 aromatic carbocycles. The number of thiophene rings is 1. The normalized spacial score (nSPS) is 12.6. The number of fused-ring (bicyclic) bond motifs is 2. The number of H-pyrrole nitrogens is 1. The van der Waals surface area contributed by atoms with E-state index in [0.29, 0.717) is 29.4 Å². The molecule has 1 amide bonds. The number of aryl methyl sites for hydroxylation is 1. The van der Waals surface area contributed by atoms with Crippen LogP contribution < -0.4 is 15.6 Å². The predicted molar refractivity (Wildman–Crippen MR) is 140 cm³/mol. The lowest BCUT2D eigenvalue weighted by Gasteiger charge is -2.14. The van der Waals surface area contributed by atoms with Crippen LogP contribution in [0.5, 0.6) is 5.75 Å². The molecule has 0 spiro atoms. The van der Waals surface area contributed by atoms with Crippen molar-refractivity contribution in [2.24, 2.45) is 0 Å². The molecule has 36 heavy (non-hydrogen) atoms. The molecule has 0 atom stereocenters. The third-order valence-electron chi connectivity index (χ3n) is 6.27. The Hall–Kier alpha value is -4.24. The van der Waals surface area contributed by atoms with E-state index in [-0.39, 0.29) is 17.4 Å². The molecule has 0 saturated heterocycles. The fourth-order valence-corrected chi connectivity index (χ4v) is 5.33. The van der Waals surface area contributed by atoms with Crippen LogP contribution in [0, 0.1) is 0 Å². The summed E-state index contributed by atoms with van der Waals surface area (Å²) >= 11 is 1.54. The molecule has 2 N–H and O–H groups in total. The molecule has 9 heteroatoms. The van der Waals surface area contributed by atoms with Crippen LogP contribution in [0.4, 0.5) is 5.82 Å². The summed E-state index contributed by atoms with van der Waals surface area (Å²) in [6, 6.07) is 17.1. The molecule has 180 valence electrons. The van der Waals surface area contributed by atoms with Gasteiger partial charge in [0.15, 0.2) is 0 Å². The lowest BCUT2D eigenvalue weighted by molar-refractivity contribution is 0.102. The molecule has 0 bridgehead atoms. The number of aromatic nitrogens is 4. The summed E-state index contributed by atoms with van der Waals surface area (Å²) < 4.78 is 7.31. The molecule has 0 fully saturated rings. The van der Waals surface area contributed by atoms with Crippen LogP contribution in [0.2, 0.25) is 0 Å². The number of nitrogens with one attached hydrogen (secondary N) is 2. The topological polar surface area (TPSA) is 102 Å². The van der Waals surface area contributed by atoms with Gasteiger partial charge in [-0.15, -0.1) is 11.3 Å². The number of anilines is 1. The summed E-state index contributed by atoms with van der Waals surface area (Å²) in [5.74, 6) is 0.849. The van der Waals surface area contributed by atoms with Gasteiger partial charge in [0, 0.05) is 11.6 Å². The maximum absolute atomic E-state index is 13.7. The van der Waals surface area contributed by atoms with Gasteiger partial charge in [-0.25, -0.2) is 4.98 Å². The lowest BCUT2D eigenvalue weighted by atomic mass is 10.0. The van der Waals surface area contributed by atoms with Crippen molar-refractivity contribution in [2.75, 3.05) is 11.9 Å². The smallest absolute Gasteiger partial charge is 0.261 e. The van der Waals surface area contributed by atoms with Gasteiger partial charge in [0.1, 0.15) is 17.3 Å². The zero-order valence-corrected chi connectivity index (χ0v) is 20.4. The van der Waals surface area contributed by atoms with E-state index in [1.165, 1.54) is 4.68 Å². The number of carbonyl (C=O) groups excluding carboxylic acids is 1. The first-order valence-electron chi connectivity index (χ1n) is 11.8. The maximum atomic E-state index is 13.7. The van der Waals surface area contributed by atoms with Crippen LogP contribution in [-0.2, 0) is 12.8 Å². The Morgan fingerprint density at radius 2 is 2.06 bits per heavy atom. The minimum Gasteiger partial charge on any atom is -0.493 e. The summed E-state index contributed by atoms with van der Waals surface area (Å²) in [5, 5.41) is 11.4. The molecule has 5 aromatic rings. The van der Waals surface area contributed by atoms with Crippen molar-refractivity contribution in [2.45, 2.75) is 26.2 Å². The highest BCUT2D eigenvalue weighted by Crippen LogP contribution is 2.31. The highest BCUT2D eigenvalue weighted by molar-refractivity contribution is 7.13. The van der Waals surface area contributed by atoms with Gasteiger partial charge in [0.2, 0.25) is 5.95 Å². The maximum Gasteiger partial charge on any atom is 0.261 e. The second-order valence-corrected chi connectivity index (χ2v) is 9.47. The molecular weight excluding hydrogens is 474 g/mol. The van der Waals surface area contributed by atoms with E-state index < -0.39 is 0 Å². The highest BCUT2D eigenvalue weighted by atomic mass is 32.1. The van der Waals surface area contributed by atoms with E-state index >= 15 is 0 Å². The van der Waals surface area contributed by atoms with Gasteiger partial charge in [-0.3, -0.25) is 14.6 Å². The molecule has 3 aromatic heterocycles. The molecule has 0 unspecified atom stereocenters. The largest absolute Gasteiger partial charge is 0.493 e. The number of ether oxygens (including phenoxy) is 1. The van der Waals surface area contributed by atoms with Gasteiger partial charge >= 0.3 is 0 Å². The van der Waals surface area contributed by atoms with Crippen LogP contribution in [0.1, 0.15) is 35.0 Å². The van der Waals surface area contributed by atoms with E-state index in [2.05, 4.69) is 15.3 Å². The van der Waals surface area contributed by atoms with Crippen molar-refractivity contribution in [3.8, 4) is 22.3 Å². The molecule has 6 rings (SSSR count). The van der Waals surface area contributed by atoms with Crippen LogP contribution in [0.3, 0.4) is 0 Å². The van der Waals surface area contributed by atoms with Gasteiger partial charge in [-0.2, -0.15) is 9.78 Å². The zero-order valence-electron chi connectivity index (χ0n) is 19.6. The summed E-state index contributed by atoms with van der Waals surface area (Å²) in [4.78, 5) is 34.9. The van der Waals surface area contributed by atoms with Crippen molar-refractivity contribution in [3.05, 3.63) is 87.2 Å². The summed E-state index contributed by atoms with van der Waals surface area (Å²) in [7, 11) is 0. The standard InChI is InChI=1S/C27H23N5O3S/c1-2-35-21-13-12-16-7-3-4-8-17(16)24(21)26(34)29-23-15-20(22-11-6-14-36-22)31-32(23)27-28-19-10-5-9-18(19)25(33)30-27/h3-4,6-8,11-15H,2,5,9-10H2,1H3,(H,29,34)(H,28,30,33). The van der Waals surface area contributed by atoms with Gasteiger partial charge in [0.25, 0.3) is 11.5 Å². The third-order valence-corrected chi connectivity index (χ3v) is 7.16. The third kappa shape index (κ3) is 3.87. The first-order chi connectivity index (χ1) is 17.6. The first kappa shape index (κ1) is 22.2. The molecular formula is C27H23N5O3S. The molecule has 0 radical (unpaired) electrons. The Kier molecular flexibility index (Phi) is 5.61. The predicted octanol–water partition coefficient (Wildman–Crippen LogP) is 4.98. The molecule has 0 saturated carbocycles. The molecule has 8 nitrogen and oxygen atoms in total. The van der Waals surface area contributed by atoms with Crippen molar-refractivity contribution in [3.63, 3.8) is 0 Å². The summed E-state index contributed by atoms with van der Waals surface area (Å²) in [5.41, 5.74) is 2.46.